The average molecular weight is 354 g/mol. The molecular weight excluding hydrogens is 338 g/mol. The van der Waals surface area contributed by atoms with E-state index in [0.717, 1.165) is 22.7 Å². The molecule has 0 aromatic heterocycles. The molecule has 5 nitrogen and oxygen atoms in total. The summed E-state index contributed by atoms with van der Waals surface area (Å²) in [7, 11) is -3.65. The van der Waals surface area contributed by atoms with Crippen LogP contribution < -0.4 is 5.32 Å². The third kappa shape index (κ3) is 5.10. The van der Waals surface area contributed by atoms with E-state index in [-0.39, 0.29) is 12.2 Å². The Hall–Kier alpha value is -2.32. The highest BCUT2D eigenvalue weighted by molar-refractivity contribution is 7.88. The minimum Gasteiger partial charge on any atom is -0.322 e. The van der Waals surface area contributed by atoms with Gasteiger partial charge in [-0.2, -0.15) is 4.31 Å². The summed E-state index contributed by atoms with van der Waals surface area (Å²) in [6.07, 6.45) is 0.988. The first-order valence-corrected chi connectivity index (χ1v) is 8.84. The fraction of sp³-hybridized carbons (Fsp3) is 0.188. The topological polar surface area (TPSA) is 66.5 Å². The van der Waals surface area contributed by atoms with Crippen LogP contribution in [-0.2, 0) is 21.4 Å². The summed E-state index contributed by atoms with van der Waals surface area (Å²) < 4.78 is 51.1. The van der Waals surface area contributed by atoms with E-state index in [4.69, 9.17) is 0 Å². The van der Waals surface area contributed by atoms with Crippen molar-refractivity contribution < 1.29 is 22.0 Å². The Labute approximate surface area is 139 Å². The Bertz CT molecular complexity index is 826. The number of hydrogen-bond acceptors (Lipinski definition) is 3. The van der Waals surface area contributed by atoms with Gasteiger partial charge in [0.25, 0.3) is 0 Å². The van der Waals surface area contributed by atoms with E-state index >= 15 is 0 Å². The average Bonchev–Trinajstić information content (AvgIpc) is 2.49. The highest BCUT2D eigenvalue weighted by Gasteiger charge is 2.21. The van der Waals surface area contributed by atoms with Crippen molar-refractivity contribution in [3.05, 3.63) is 65.7 Å². The molecule has 24 heavy (non-hydrogen) atoms. The van der Waals surface area contributed by atoms with E-state index in [0.29, 0.717) is 11.6 Å². The maximum absolute atomic E-state index is 13.5. The number of benzene rings is 2. The van der Waals surface area contributed by atoms with Crippen molar-refractivity contribution >= 4 is 21.6 Å². The molecule has 0 fully saturated rings. The van der Waals surface area contributed by atoms with Crippen LogP contribution in [0.5, 0.6) is 0 Å². The van der Waals surface area contributed by atoms with Crippen molar-refractivity contribution in [2.24, 2.45) is 0 Å². The van der Waals surface area contributed by atoms with Crippen LogP contribution in [0.2, 0.25) is 0 Å². The standard InChI is InChI=1S/C16H16F2N2O3S/c1-24(22,23)20(10-12-5-3-2-4-6-12)11-16(21)19-15-8-7-13(17)9-14(15)18/h2-9H,10-11H2,1H3,(H,19,21). The molecule has 2 rings (SSSR count). The second kappa shape index (κ2) is 7.50. The van der Waals surface area contributed by atoms with Gasteiger partial charge in [-0.25, -0.2) is 17.2 Å². The van der Waals surface area contributed by atoms with Crippen LogP contribution >= 0.6 is 0 Å². The fourth-order valence-corrected chi connectivity index (χ4v) is 2.75. The van der Waals surface area contributed by atoms with Crippen LogP contribution in [0.1, 0.15) is 5.56 Å². The van der Waals surface area contributed by atoms with Crippen molar-refractivity contribution in [3.63, 3.8) is 0 Å². The third-order valence-electron chi connectivity index (χ3n) is 3.20. The van der Waals surface area contributed by atoms with Crippen molar-refractivity contribution in [3.8, 4) is 0 Å². The predicted octanol–water partition coefficient (Wildman–Crippen LogP) is 2.37. The largest absolute Gasteiger partial charge is 0.322 e. The Morgan fingerprint density at radius 2 is 1.79 bits per heavy atom. The van der Waals surface area contributed by atoms with Crippen LogP contribution in [0.15, 0.2) is 48.5 Å². The summed E-state index contributed by atoms with van der Waals surface area (Å²) in [4.78, 5) is 12.0. The number of carbonyl (C=O) groups excluding carboxylic acids is 1. The van der Waals surface area contributed by atoms with Crippen molar-refractivity contribution in [1.82, 2.24) is 4.31 Å². The quantitative estimate of drug-likeness (QED) is 0.866. The van der Waals surface area contributed by atoms with Crippen LogP contribution in [-0.4, -0.2) is 31.4 Å². The molecule has 0 heterocycles. The highest BCUT2D eigenvalue weighted by Crippen LogP contribution is 2.15. The second-order valence-electron chi connectivity index (χ2n) is 5.19. The molecule has 0 aliphatic carbocycles. The number of sulfonamides is 1. The molecule has 0 radical (unpaired) electrons. The molecule has 128 valence electrons. The normalized spacial score (nSPS) is 11.5. The summed E-state index contributed by atoms with van der Waals surface area (Å²) >= 11 is 0. The van der Waals surface area contributed by atoms with Crippen LogP contribution in [0.3, 0.4) is 0 Å². The first kappa shape index (κ1) is 18.0. The van der Waals surface area contributed by atoms with Gasteiger partial charge in [-0.3, -0.25) is 4.79 Å². The van der Waals surface area contributed by atoms with Crippen molar-refractivity contribution in [2.75, 3.05) is 18.1 Å². The number of rotatable bonds is 6. The van der Waals surface area contributed by atoms with E-state index < -0.39 is 34.1 Å². The van der Waals surface area contributed by atoms with Gasteiger partial charge in [0.1, 0.15) is 11.6 Å². The number of halogens is 2. The molecule has 0 aliphatic heterocycles. The van der Waals surface area contributed by atoms with Gasteiger partial charge in [0.15, 0.2) is 0 Å². The van der Waals surface area contributed by atoms with Gasteiger partial charge >= 0.3 is 0 Å². The van der Waals surface area contributed by atoms with E-state index in [2.05, 4.69) is 5.32 Å². The minimum atomic E-state index is -3.65. The smallest absolute Gasteiger partial charge is 0.239 e. The molecule has 0 saturated heterocycles. The number of amides is 1. The van der Waals surface area contributed by atoms with Gasteiger partial charge in [0.05, 0.1) is 18.5 Å². The molecule has 0 unspecified atom stereocenters. The lowest BCUT2D eigenvalue weighted by Crippen LogP contribution is -2.37. The molecule has 2 aromatic carbocycles. The SMILES string of the molecule is CS(=O)(=O)N(CC(=O)Nc1ccc(F)cc1F)Cc1ccccc1. The molecule has 0 spiro atoms. The Morgan fingerprint density at radius 3 is 2.38 bits per heavy atom. The number of nitrogens with zero attached hydrogens (tertiary/aromatic N) is 1. The van der Waals surface area contributed by atoms with Crippen LogP contribution in [0, 0.1) is 11.6 Å². The molecule has 0 saturated carbocycles. The molecule has 2 aromatic rings. The lowest BCUT2D eigenvalue weighted by Gasteiger charge is -2.19. The Morgan fingerprint density at radius 1 is 1.12 bits per heavy atom. The van der Waals surface area contributed by atoms with Crippen LogP contribution in [0.4, 0.5) is 14.5 Å². The zero-order chi connectivity index (χ0) is 17.7. The lowest BCUT2D eigenvalue weighted by atomic mass is 10.2. The summed E-state index contributed by atoms with van der Waals surface area (Å²) in [5.74, 6) is -2.42. The summed E-state index contributed by atoms with van der Waals surface area (Å²) in [5, 5.41) is 2.24. The number of hydrogen-bond donors (Lipinski definition) is 1. The summed E-state index contributed by atoms with van der Waals surface area (Å²) in [6, 6.07) is 11.5. The van der Waals surface area contributed by atoms with Crippen molar-refractivity contribution in [2.45, 2.75) is 6.54 Å². The highest BCUT2D eigenvalue weighted by atomic mass is 32.2. The predicted molar refractivity (Wildman–Crippen MR) is 86.7 cm³/mol. The van der Waals surface area contributed by atoms with Crippen molar-refractivity contribution in [1.29, 1.82) is 0 Å². The van der Waals surface area contributed by atoms with Gasteiger partial charge in [0, 0.05) is 12.6 Å². The number of nitrogens with one attached hydrogen (secondary N) is 1. The van der Waals surface area contributed by atoms with Gasteiger partial charge in [0.2, 0.25) is 15.9 Å². The molecule has 1 amide bonds. The van der Waals surface area contributed by atoms with Gasteiger partial charge < -0.3 is 5.32 Å². The van der Waals surface area contributed by atoms with E-state index in [1.54, 1.807) is 30.3 Å². The summed E-state index contributed by atoms with van der Waals surface area (Å²) in [6.45, 7) is -0.469. The molecule has 1 N–H and O–H groups in total. The maximum Gasteiger partial charge on any atom is 0.239 e. The van der Waals surface area contributed by atoms with Gasteiger partial charge in [-0.15, -0.1) is 0 Å². The fourth-order valence-electron chi connectivity index (χ4n) is 2.02. The molecular formula is C16H16F2N2O3S. The number of anilines is 1. The van der Waals surface area contributed by atoms with E-state index in [9.17, 15) is 22.0 Å². The molecule has 0 bridgehead atoms. The monoisotopic (exact) mass is 354 g/mol. The minimum absolute atomic E-state index is 0.0129. The second-order valence-corrected chi connectivity index (χ2v) is 7.17. The molecule has 0 atom stereocenters. The Kier molecular flexibility index (Phi) is 5.63. The Balaban J connectivity index is 2.10. The molecule has 0 aliphatic rings. The maximum atomic E-state index is 13.5. The first-order valence-electron chi connectivity index (χ1n) is 6.99. The first-order chi connectivity index (χ1) is 11.3. The zero-order valence-electron chi connectivity index (χ0n) is 12.9. The van der Waals surface area contributed by atoms with E-state index in [1.165, 1.54) is 0 Å². The van der Waals surface area contributed by atoms with Gasteiger partial charge in [-0.1, -0.05) is 30.3 Å². The van der Waals surface area contributed by atoms with E-state index in [1.807, 2.05) is 0 Å². The van der Waals surface area contributed by atoms with Crippen LogP contribution in [0.25, 0.3) is 0 Å². The van der Waals surface area contributed by atoms with Gasteiger partial charge in [-0.05, 0) is 17.7 Å². The number of carbonyl (C=O) groups is 1. The zero-order valence-corrected chi connectivity index (χ0v) is 13.7. The lowest BCUT2D eigenvalue weighted by molar-refractivity contribution is -0.116. The third-order valence-corrected chi connectivity index (χ3v) is 4.39. The summed E-state index contributed by atoms with van der Waals surface area (Å²) in [5.41, 5.74) is 0.498. The molecule has 8 heteroatoms.